The Morgan fingerprint density at radius 1 is 1.35 bits per heavy atom. The number of methoxy groups -OCH3 is 1. The van der Waals surface area contributed by atoms with Gasteiger partial charge in [-0.05, 0) is 44.2 Å². The minimum Gasteiger partial charge on any atom is -0.493 e. The summed E-state index contributed by atoms with van der Waals surface area (Å²) in [5.74, 6) is 0.415. The van der Waals surface area contributed by atoms with Crippen LogP contribution in [0.1, 0.15) is 58.1 Å². The van der Waals surface area contributed by atoms with Crippen LogP contribution in [0.3, 0.4) is 0 Å². The highest BCUT2D eigenvalue weighted by molar-refractivity contribution is 5.98. The summed E-state index contributed by atoms with van der Waals surface area (Å²) in [4.78, 5) is 40.6. The number of piperidine rings is 1. The molecule has 1 heterocycles. The summed E-state index contributed by atoms with van der Waals surface area (Å²) >= 11 is 0. The predicted molar refractivity (Wildman–Crippen MR) is 117 cm³/mol. The van der Waals surface area contributed by atoms with Gasteiger partial charge in [0.1, 0.15) is 6.29 Å². The van der Waals surface area contributed by atoms with Crippen molar-refractivity contribution in [3.05, 3.63) is 23.3 Å². The molecule has 1 aromatic carbocycles. The summed E-state index contributed by atoms with van der Waals surface area (Å²) in [6, 6.07) is 3.79. The van der Waals surface area contributed by atoms with Gasteiger partial charge >= 0.3 is 5.97 Å². The summed E-state index contributed by atoms with van der Waals surface area (Å²) in [7, 11) is 1.56. The molecule has 0 aliphatic carbocycles. The van der Waals surface area contributed by atoms with Gasteiger partial charge in [-0.15, -0.1) is 0 Å². The smallest absolute Gasteiger partial charge is 0.341 e. The SMILES string of the molecule is CC1CCC(=O)NC1=O.CC=O.CCC(C)Cc1c(C)ccc(OC)c1OCC(=O)O. The number of carboxylic acids is 1. The second kappa shape index (κ2) is 15.0. The molecule has 0 bridgehead atoms. The fourth-order valence-electron chi connectivity index (χ4n) is 2.71. The number of benzene rings is 1. The highest BCUT2D eigenvalue weighted by Crippen LogP contribution is 2.35. The third kappa shape index (κ3) is 10.6. The van der Waals surface area contributed by atoms with Crippen molar-refractivity contribution in [1.82, 2.24) is 5.32 Å². The fourth-order valence-corrected chi connectivity index (χ4v) is 2.71. The third-order valence-corrected chi connectivity index (χ3v) is 4.78. The lowest BCUT2D eigenvalue weighted by molar-refractivity contribution is -0.139. The van der Waals surface area contributed by atoms with E-state index in [0.29, 0.717) is 30.3 Å². The van der Waals surface area contributed by atoms with Crippen LogP contribution in [0.5, 0.6) is 11.5 Å². The first-order valence-electron chi connectivity index (χ1n) is 10.4. The standard InChI is InChI=1S/C15H22O4.C6H9NO2.C2H4O/c1-5-10(2)8-12-11(3)6-7-13(18-4)15(12)19-9-14(16)17;1-4-2-3-5(8)7-6(4)9;1-2-3/h6-7,10H,5,8-9H2,1-4H3,(H,16,17);4H,2-3H2,1H3,(H,7,8,9);2H,1H3. The van der Waals surface area contributed by atoms with Crippen LogP contribution in [0, 0.1) is 18.8 Å². The molecule has 2 unspecified atom stereocenters. The van der Waals surface area contributed by atoms with Crippen LogP contribution >= 0.6 is 0 Å². The number of carbonyl (C=O) groups excluding carboxylic acids is 3. The lowest BCUT2D eigenvalue weighted by Gasteiger charge is -2.18. The zero-order valence-electron chi connectivity index (χ0n) is 19.3. The molecule has 1 fully saturated rings. The number of imide groups is 1. The van der Waals surface area contributed by atoms with Crippen molar-refractivity contribution in [1.29, 1.82) is 0 Å². The molecule has 2 amide bonds. The molecule has 0 radical (unpaired) electrons. The van der Waals surface area contributed by atoms with E-state index >= 15 is 0 Å². The van der Waals surface area contributed by atoms with E-state index in [1.165, 1.54) is 6.92 Å². The van der Waals surface area contributed by atoms with E-state index in [9.17, 15) is 14.4 Å². The number of amides is 2. The van der Waals surface area contributed by atoms with Crippen molar-refractivity contribution in [2.24, 2.45) is 11.8 Å². The molecule has 2 atom stereocenters. The van der Waals surface area contributed by atoms with Gasteiger partial charge in [-0.1, -0.05) is 33.3 Å². The topological polar surface area (TPSA) is 119 Å². The zero-order valence-corrected chi connectivity index (χ0v) is 19.3. The van der Waals surface area contributed by atoms with Gasteiger partial charge < -0.3 is 19.4 Å². The number of aryl methyl sites for hydroxylation is 1. The molecule has 0 saturated carbocycles. The van der Waals surface area contributed by atoms with E-state index in [-0.39, 0.29) is 24.3 Å². The minimum absolute atomic E-state index is 0.0164. The lowest BCUT2D eigenvalue weighted by Crippen LogP contribution is -2.39. The first-order valence-corrected chi connectivity index (χ1v) is 10.4. The van der Waals surface area contributed by atoms with E-state index in [0.717, 1.165) is 30.3 Å². The quantitative estimate of drug-likeness (QED) is 0.496. The largest absolute Gasteiger partial charge is 0.493 e. The number of hydrogen-bond donors (Lipinski definition) is 2. The number of aliphatic carboxylic acids is 1. The highest BCUT2D eigenvalue weighted by Gasteiger charge is 2.21. The molecule has 2 N–H and O–H groups in total. The van der Waals surface area contributed by atoms with Gasteiger partial charge in [0.05, 0.1) is 7.11 Å². The Morgan fingerprint density at radius 3 is 2.42 bits per heavy atom. The van der Waals surface area contributed by atoms with Gasteiger partial charge in [0.15, 0.2) is 18.1 Å². The summed E-state index contributed by atoms with van der Waals surface area (Å²) in [6.07, 6.45) is 3.86. The molecular formula is C23H35NO7. The molecule has 8 heteroatoms. The van der Waals surface area contributed by atoms with Crippen LogP contribution in [0.25, 0.3) is 0 Å². The zero-order chi connectivity index (χ0) is 24.0. The monoisotopic (exact) mass is 437 g/mol. The Kier molecular flexibility index (Phi) is 13.6. The van der Waals surface area contributed by atoms with Gasteiger partial charge in [-0.25, -0.2) is 4.79 Å². The van der Waals surface area contributed by atoms with E-state index < -0.39 is 5.97 Å². The first-order chi connectivity index (χ1) is 14.6. The first kappa shape index (κ1) is 28.1. The van der Waals surface area contributed by atoms with Gasteiger partial charge in [-0.2, -0.15) is 0 Å². The maximum absolute atomic E-state index is 10.7. The average Bonchev–Trinajstić information content (AvgIpc) is 2.72. The van der Waals surface area contributed by atoms with E-state index in [1.807, 2.05) is 26.0 Å². The fraction of sp³-hybridized carbons (Fsp3) is 0.565. The van der Waals surface area contributed by atoms with Gasteiger partial charge in [0.25, 0.3) is 0 Å². The minimum atomic E-state index is -0.988. The van der Waals surface area contributed by atoms with E-state index in [4.69, 9.17) is 19.4 Å². The van der Waals surface area contributed by atoms with Crippen LogP contribution in [0.4, 0.5) is 0 Å². The predicted octanol–water partition coefficient (Wildman–Crippen LogP) is 3.32. The molecule has 1 saturated heterocycles. The number of ether oxygens (including phenoxy) is 2. The van der Waals surface area contributed by atoms with Gasteiger partial charge in [0.2, 0.25) is 11.8 Å². The molecule has 31 heavy (non-hydrogen) atoms. The number of aldehydes is 1. The van der Waals surface area contributed by atoms with Crippen molar-refractivity contribution in [3.8, 4) is 11.5 Å². The summed E-state index contributed by atoms with van der Waals surface area (Å²) in [5, 5.41) is 11.0. The van der Waals surface area contributed by atoms with Crippen molar-refractivity contribution in [2.75, 3.05) is 13.7 Å². The number of carbonyl (C=O) groups is 4. The maximum atomic E-state index is 10.7. The Labute approximate surface area is 184 Å². The summed E-state index contributed by atoms with van der Waals surface area (Å²) in [5.41, 5.74) is 2.14. The molecule has 0 spiro atoms. The Bertz CT molecular complexity index is 746. The Hall–Kier alpha value is -2.90. The van der Waals surface area contributed by atoms with E-state index in [2.05, 4.69) is 19.2 Å². The summed E-state index contributed by atoms with van der Waals surface area (Å²) in [6.45, 7) is 9.22. The van der Waals surface area contributed by atoms with Crippen molar-refractivity contribution in [2.45, 2.75) is 60.3 Å². The van der Waals surface area contributed by atoms with Crippen LogP contribution in [-0.4, -0.2) is 42.9 Å². The van der Waals surface area contributed by atoms with Crippen LogP contribution < -0.4 is 14.8 Å². The number of nitrogens with one attached hydrogen (secondary N) is 1. The van der Waals surface area contributed by atoms with Crippen LogP contribution in [0.2, 0.25) is 0 Å². The Balaban J connectivity index is 0.000000619. The maximum Gasteiger partial charge on any atom is 0.341 e. The van der Waals surface area contributed by atoms with Gasteiger partial charge in [-0.3, -0.25) is 14.9 Å². The number of carboxylic acid groups (broad SMARTS) is 1. The van der Waals surface area contributed by atoms with Crippen molar-refractivity contribution < 1.29 is 33.8 Å². The Morgan fingerprint density at radius 2 is 1.97 bits per heavy atom. The molecule has 1 aromatic rings. The second-order valence-corrected chi connectivity index (χ2v) is 7.38. The van der Waals surface area contributed by atoms with Crippen LogP contribution in [0.15, 0.2) is 12.1 Å². The average molecular weight is 438 g/mol. The van der Waals surface area contributed by atoms with Crippen molar-refractivity contribution in [3.63, 3.8) is 0 Å². The lowest BCUT2D eigenvalue weighted by atomic mass is 9.94. The highest BCUT2D eigenvalue weighted by atomic mass is 16.5. The third-order valence-electron chi connectivity index (χ3n) is 4.78. The van der Waals surface area contributed by atoms with Crippen molar-refractivity contribution >= 4 is 24.1 Å². The molecule has 2 rings (SSSR count). The van der Waals surface area contributed by atoms with E-state index in [1.54, 1.807) is 7.11 Å². The molecule has 1 aliphatic heterocycles. The molecule has 1 aliphatic rings. The second-order valence-electron chi connectivity index (χ2n) is 7.38. The number of rotatable bonds is 7. The molecular weight excluding hydrogens is 402 g/mol. The number of hydrogen-bond acceptors (Lipinski definition) is 6. The molecule has 174 valence electrons. The van der Waals surface area contributed by atoms with Crippen LogP contribution in [-0.2, 0) is 25.6 Å². The molecule has 8 nitrogen and oxygen atoms in total. The normalized spacial score (nSPS) is 15.9. The molecule has 0 aromatic heterocycles. The van der Waals surface area contributed by atoms with Gasteiger partial charge in [0, 0.05) is 17.9 Å². The summed E-state index contributed by atoms with van der Waals surface area (Å²) < 4.78 is 10.7.